The minimum atomic E-state index is -0.953. The van der Waals surface area contributed by atoms with Gasteiger partial charge in [0.2, 0.25) is 0 Å². The first-order valence-corrected chi connectivity index (χ1v) is 7.25. The zero-order valence-corrected chi connectivity index (χ0v) is 13.6. The number of hydrogen-bond donors (Lipinski definition) is 3. The summed E-state index contributed by atoms with van der Waals surface area (Å²) in [4.78, 5) is 22.8. The fourth-order valence-corrected chi connectivity index (χ4v) is 2.10. The van der Waals surface area contributed by atoms with E-state index in [9.17, 15) is 14.0 Å². The average Bonchev–Trinajstić information content (AvgIpc) is 2.35. The van der Waals surface area contributed by atoms with Crippen LogP contribution in [-0.2, 0) is 4.79 Å². The molecule has 2 amide bonds. The molecule has 5 nitrogen and oxygen atoms in total. The van der Waals surface area contributed by atoms with E-state index in [4.69, 9.17) is 5.11 Å². The zero-order chi connectivity index (χ0) is 16.2. The summed E-state index contributed by atoms with van der Waals surface area (Å²) in [6.45, 7) is 5.25. The number of hydrogen-bond acceptors (Lipinski definition) is 2. The van der Waals surface area contributed by atoms with Crippen LogP contribution in [-0.4, -0.2) is 23.7 Å². The normalized spacial score (nSPS) is 12.1. The van der Waals surface area contributed by atoms with Crippen LogP contribution in [0.2, 0.25) is 0 Å². The van der Waals surface area contributed by atoms with Crippen molar-refractivity contribution in [3.63, 3.8) is 0 Å². The molecule has 0 saturated heterocycles. The monoisotopic (exact) mass is 360 g/mol. The minimum absolute atomic E-state index is 0.0280. The molecule has 1 rings (SSSR count). The van der Waals surface area contributed by atoms with Crippen LogP contribution in [0, 0.1) is 24.6 Å². The van der Waals surface area contributed by atoms with Gasteiger partial charge in [0.1, 0.15) is 5.82 Å². The average molecular weight is 361 g/mol. The summed E-state index contributed by atoms with van der Waals surface area (Å²) in [5.41, 5.74) is 1.03. The molecular formula is C14H18BrFN2O3. The van der Waals surface area contributed by atoms with E-state index >= 15 is 0 Å². The van der Waals surface area contributed by atoms with Gasteiger partial charge in [-0.05, 0) is 46.5 Å². The number of carbonyl (C=O) groups is 2. The molecule has 21 heavy (non-hydrogen) atoms. The summed E-state index contributed by atoms with van der Waals surface area (Å²) in [6, 6.07) is 2.23. The van der Waals surface area contributed by atoms with E-state index in [1.807, 2.05) is 0 Å². The molecule has 0 aliphatic heterocycles. The van der Waals surface area contributed by atoms with Crippen molar-refractivity contribution < 1.29 is 19.1 Å². The van der Waals surface area contributed by atoms with Crippen LogP contribution < -0.4 is 10.6 Å². The van der Waals surface area contributed by atoms with Crippen LogP contribution in [0.3, 0.4) is 0 Å². The van der Waals surface area contributed by atoms with Crippen molar-refractivity contribution in [3.8, 4) is 0 Å². The molecule has 0 heterocycles. The summed E-state index contributed by atoms with van der Waals surface area (Å²) >= 11 is 3.05. The Morgan fingerprint density at radius 3 is 2.52 bits per heavy atom. The highest BCUT2D eigenvalue weighted by Crippen LogP contribution is 2.24. The third-order valence-corrected chi connectivity index (χ3v) is 3.73. The summed E-state index contributed by atoms with van der Waals surface area (Å²) in [7, 11) is 0. The number of aryl methyl sites for hydroxylation is 1. The Balaban J connectivity index is 2.66. The predicted molar refractivity (Wildman–Crippen MR) is 81.8 cm³/mol. The van der Waals surface area contributed by atoms with Crippen LogP contribution in [0.5, 0.6) is 0 Å². The Hall–Kier alpha value is -1.63. The van der Waals surface area contributed by atoms with E-state index in [1.54, 1.807) is 20.8 Å². The number of benzene rings is 1. The van der Waals surface area contributed by atoms with Gasteiger partial charge in [0.05, 0.1) is 10.4 Å². The van der Waals surface area contributed by atoms with Gasteiger partial charge in [0.15, 0.2) is 0 Å². The first kappa shape index (κ1) is 17.4. The molecular weight excluding hydrogens is 343 g/mol. The van der Waals surface area contributed by atoms with Gasteiger partial charge in [-0.3, -0.25) is 4.79 Å². The molecule has 3 N–H and O–H groups in total. The van der Waals surface area contributed by atoms with Crippen LogP contribution in [0.15, 0.2) is 16.6 Å². The van der Waals surface area contributed by atoms with Crippen LogP contribution in [0.1, 0.15) is 19.4 Å². The molecule has 0 bridgehead atoms. The third kappa shape index (κ3) is 5.00. The molecule has 1 unspecified atom stereocenters. The number of carbonyl (C=O) groups excluding carboxylic acids is 1. The van der Waals surface area contributed by atoms with Gasteiger partial charge in [-0.15, -0.1) is 0 Å². The van der Waals surface area contributed by atoms with Crippen molar-refractivity contribution >= 4 is 33.6 Å². The lowest BCUT2D eigenvalue weighted by Crippen LogP contribution is -2.37. The van der Waals surface area contributed by atoms with Crippen molar-refractivity contribution in [2.75, 3.05) is 11.9 Å². The summed E-state index contributed by atoms with van der Waals surface area (Å²) < 4.78 is 13.5. The number of nitrogens with one attached hydrogen (secondary N) is 2. The van der Waals surface area contributed by atoms with Crippen LogP contribution >= 0.6 is 15.9 Å². The Morgan fingerprint density at radius 2 is 2.00 bits per heavy atom. The van der Waals surface area contributed by atoms with Gasteiger partial charge in [-0.25, -0.2) is 9.18 Å². The molecule has 0 aliphatic rings. The van der Waals surface area contributed by atoms with Gasteiger partial charge in [-0.2, -0.15) is 0 Å². The second kappa shape index (κ2) is 7.40. The number of urea groups is 1. The highest BCUT2D eigenvalue weighted by atomic mass is 79.9. The Kier molecular flexibility index (Phi) is 6.14. The topological polar surface area (TPSA) is 78.4 Å². The van der Waals surface area contributed by atoms with Crippen molar-refractivity contribution in [2.45, 2.75) is 20.8 Å². The van der Waals surface area contributed by atoms with E-state index in [2.05, 4.69) is 26.6 Å². The fourth-order valence-electron chi connectivity index (χ4n) is 1.76. The van der Waals surface area contributed by atoms with Crippen molar-refractivity contribution in [1.82, 2.24) is 5.32 Å². The Bertz CT molecular complexity index is 549. The van der Waals surface area contributed by atoms with E-state index in [1.165, 1.54) is 12.1 Å². The highest BCUT2D eigenvalue weighted by Gasteiger charge is 2.22. The second-order valence-corrected chi connectivity index (χ2v) is 5.96. The molecule has 1 aromatic carbocycles. The van der Waals surface area contributed by atoms with E-state index in [0.717, 1.165) is 0 Å². The van der Waals surface area contributed by atoms with Gasteiger partial charge < -0.3 is 15.7 Å². The smallest absolute Gasteiger partial charge is 0.319 e. The highest BCUT2D eigenvalue weighted by molar-refractivity contribution is 9.10. The number of carboxylic acids is 1. The fraction of sp³-hybridized carbons (Fsp3) is 0.429. The van der Waals surface area contributed by atoms with Gasteiger partial charge in [0, 0.05) is 12.2 Å². The number of carboxylic acid groups (broad SMARTS) is 1. The molecule has 7 heteroatoms. The molecule has 0 aromatic heterocycles. The lowest BCUT2D eigenvalue weighted by molar-refractivity contribution is -0.142. The largest absolute Gasteiger partial charge is 0.481 e. The molecule has 116 valence electrons. The number of halogens is 2. The minimum Gasteiger partial charge on any atom is -0.481 e. The van der Waals surface area contributed by atoms with Crippen LogP contribution in [0.25, 0.3) is 0 Å². The Morgan fingerprint density at radius 1 is 1.38 bits per heavy atom. The van der Waals surface area contributed by atoms with E-state index in [0.29, 0.717) is 11.3 Å². The van der Waals surface area contributed by atoms with E-state index in [-0.39, 0.29) is 16.9 Å². The van der Waals surface area contributed by atoms with Crippen molar-refractivity contribution in [3.05, 3.63) is 28.0 Å². The number of amides is 2. The zero-order valence-electron chi connectivity index (χ0n) is 12.0. The molecule has 0 spiro atoms. The second-order valence-electron chi connectivity index (χ2n) is 5.11. The maximum atomic E-state index is 13.3. The van der Waals surface area contributed by atoms with Crippen molar-refractivity contribution in [2.24, 2.45) is 11.8 Å². The molecule has 1 atom stereocenters. The molecule has 1 aromatic rings. The SMILES string of the molecule is Cc1cc(F)c(Br)cc1NC(=O)NCC(C(=O)O)C(C)C. The summed E-state index contributed by atoms with van der Waals surface area (Å²) in [5, 5.41) is 14.1. The first-order chi connectivity index (χ1) is 9.72. The summed E-state index contributed by atoms with van der Waals surface area (Å²) in [6.07, 6.45) is 0. The maximum absolute atomic E-state index is 13.3. The van der Waals surface area contributed by atoms with Gasteiger partial charge in [0.25, 0.3) is 0 Å². The predicted octanol–water partition coefficient (Wildman–Crippen LogP) is 3.37. The molecule has 0 fully saturated rings. The number of aliphatic carboxylic acids is 1. The van der Waals surface area contributed by atoms with E-state index < -0.39 is 23.7 Å². The van der Waals surface area contributed by atoms with Gasteiger partial charge in [-0.1, -0.05) is 13.8 Å². The van der Waals surface area contributed by atoms with Crippen molar-refractivity contribution in [1.29, 1.82) is 0 Å². The quantitative estimate of drug-likeness (QED) is 0.752. The molecule has 0 radical (unpaired) electrons. The number of rotatable bonds is 5. The van der Waals surface area contributed by atoms with Gasteiger partial charge >= 0.3 is 12.0 Å². The van der Waals surface area contributed by atoms with Crippen LogP contribution in [0.4, 0.5) is 14.9 Å². The maximum Gasteiger partial charge on any atom is 0.319 e. The molecule has 0 aliphatic carbocycles. The number of anilines is 1. The standard InChI is InChI=1S/C14H18BrFN2O3/c1-7(2)9(13(19)20)6-17-14(21)18-12-5-10(15)11(16)4-8(12)3/h4-5,7,9H,6H2,1-3H3,(H,19,20)(H2,17,18,21). The Labute approximate surface area is 131 Å². The third-order valence-electron chi connectivity index (χ3n) is 3.12. The first-order valence-electron chi connectivity index (χ1n) is 6.45. The molecule has 0 saturated carbocycles. The lowest BCUT2D eigenvalue weighted by atomic mass is 9.96. The lowest BCUT2D eigenvalue weighted by Gasteiger charge is -2.17. The summed E-state index contributed by atoms with van der Waals surface area (Å²) in [5.74, 6) is -2.11.